The fourth-order valence-electron chi connectivity index (χ4n) is 4.01. The number of carbonyl (C=O) groups is 2. The van der Waals surface area contributed by atoms with Gasteiger partial charge in [-0.15, -0.1) is 0 Å². The van der Waals surface area contributed by atoms with E-state index in [4.69, 9.17) is 9.47 Å². The Labute approximate surface area is 201 Å². The van der Waals surface area contributed by atoms with E-state index in [1.165, 1.54) is 0 Å². The normalized spacial score (nSPS) is 13.9. The van der Waals surface area contributed by atoms with Crippen LogP contribution in [0.25, 0.3) is 11.6 Å². The lowest BCUT2D eigenvalue weighted by molar-refractivity contribution is -0.130. The van der Waals surface area contributed by atoms with Gasteiger partial charge >= 0.3 is 0 Å². The topological polar surface area (TPSA) is 95.7 Å². The molecule has 0 saturated carbocycles. The van der Waals surface area contributed by atoms with Crippen LogP contribution in [0.2, 0.25) is 0 Å². The van der Waals surface area contributed by atoms with Crippen molar-refractivity contribution in [2.24, 2.45) is 0 Å². The van der Waals surface area contributed by atoms with Crippen LogP contribution in [0.1, 0.15) is 34.5 Å². The predicted molar refractivity (Wildman–Crippen MR) is 135 cm³/mol. The third kappa shape index (κ3) is 6.56. The zero-order valence-corrected chi connectivity index (χ0v) is 20.6. The van der Waals surface area contributed by atoms with Crippen molar-refractivity contribution in [1.82, 2.24) is 15.2 Å². The van der Waals surface area contributed by atoms with Crippen LogP contribution in [0.4, 0.5) is 5.69 Å². The monoisotopic (exact) mass is 468 g/mol. The molecular weight excluding hydrogens is 432 g/mol. The summed E-state index contributed by atoms with van der Waals surface area (Å²) < 4.78 is 11.0. The predicted octanol–water partition coefficient (Wildman–Crippen LogP) is 2.77. The van der Waals surface area contributed by atoms with Gasteiger partial charge in [-0.25, -0.2) is 0 Å². The second-order valence-electron chi connectivity index (χ2n) is 8.47. The lowest BCUT2D eigenvalue weighted by Crippen LogP contribution is -2.30. The molecule has 8 heteroatoms. The van der Waals surface area contributed by atoms with Gasteiger partial charge in [0.2, 0.25) is 5.91 Å². The number of carbonyl (C=O) groups excluding carboxylic acids is 2. The minimum absolute atomic E-state index is 0.0814. The molecule has 3 rings (SSSR count). The number of nitrogens with zero attached hydrogens (tertiary/aromatic N) is 1. The van der Waals surface area contributed by atoms with E-state index in [0.29, 0.717) is 51.4 Å². The van der Waals surface area contributed by atoms with Gasteiger partial charge in [-0.1, -0.05) is 18.2 Å². The SMILES string of the molecule is CNCCOCCOCCN(C)C(=O)CCc1c(C)[nH]c(C=C2C(=O)Nc3ccccc32)c1C. The van der Waals surface area contributed by atoms with Gasteiger partial charge in [-0.2, -0.15) is 0 Å². The molecule has 8 nitrogen and oxygen atoms in total. The number of aromatic amines is 1. The number of hydrogen-bond donors (Lipinski definition) is 3. The number of para-hydroxylation sites is 1. The number of H-pyrrole nitrogens is 1. The van der Waals surface area contributed by atoms with Crippen LogP contribution in [0.5, 0.6) is 0 Å². The standard InChI is InChI=1S/C26H36N4O4/c1-18-20(9-10-25(31)30(4)12-14-34-16-15-33-13-11-27-3)19(2)28-24(18)17-22-21-7-5-6-8-23(21)29-26(22)32/h5-8,17,27-28H,9-16H2,1-4H3,(H,29,32). The number of amides is 2. The van der Waals surface area contributed by atoms with E-state index in [9.17, 15) is 9.59 Å². The van der Waals surface area contributed by atoms with Gasteiger partial charge in [0.25, 0.3) is 5.91 Å². The molecule has 0 fully saturated rings. The Morgan fingerprint density at radius 2 is 1.85 bits per heavy atom. The zero-order valence-electron chi connectivity index (χ0n) is 20.6. The van der Waals surface area contributed by atoms with Crippen molar-refractivity contribution in [3.8, 4) is 0 Å². The summed E-state index contributed by atoms with van der Waals surface area (Å²) in [7, 11) is 3.69. The first-order valence-corrected chi connectivity index (χ1v) is 11.8. The summed E-state index contributed by atoms with van der Waals surface area (Å²) in [4.78, 5) is 30.2. The maximum absolute atomic E-state index is 12.6. The van der Waals surface area contributed by atoms with Crippen LogP contribution in [-0.2, 0) is 25.5 Å². The highest BCUT2D eigenvalue weighted by atomic mass is 16.5. The van der Waals surface area contributed by atoms with Crippen molar-refractivity contribution in [2.75, 3.05) is 58.9 Å². The third-order valence-electron chi connectivity index (χ3n) is 6.08. The number of likely N-dealkylation sites (N-methyl/N-ethyl adjacent to an activating group) is 2. The van der Waals surface area contributed by atoms with Gasteiger partial charge in [0, 0.05) is 49.2 Å². The van der Waals surface area contributed by atoms with Crippen LogP contribution >= 0.6 is 0 Å². The van der Waals surface area contributed by atoms with Crippen LogP contribution in [-0.4, -0.2) is 75.3 Å². The number of rotatable bonds is 13. The molecular formula is C26H36N4O4. The summed E-state index contributed by atoms with van der Waals surface area (Å²) in [6.07, 6.45) is 2.96. The molecule has 0 radical (unpaired) electrons. The summed E-state index contributed by atoms with van der Waals surface area (Å²) in [6, 6.07) is 7.68. The molecule has 2 aromatic rings. The highest BCUT2D eigenvalue weighted by Crippen LogP contribution is 2.33. The molecule has 0 bridgehead atoms. The summed E-state index contributed by atoms with van der Waals surface area (Å²) >= 11 is 0. The van der Waals surface area contributed by atoms with Crippen LogP contribution in [0.3, 0.4) is 0 Å². The number of hydrogen-bond acceptors (Lipinski definition) is 5. The first-order chi connectivity index (χ1) is 16.4. The van der Waals surface area contributed by atoms with Crippen LogP contribution < -0.4 is 10.6 Å². The Hall–Kier alpha value is -2.94. The summed E-state index contributed by atoms with van der Waals surface area (Å²) in [5, 5.41) is 5.93. The van der Waals surface area contributed by atoms with Gasteiger partial charge in [0.05, 0.1) is 32.0 Å². The number of aromatic nitrogens is 1. The number of anilines is 1. The minimum atomic E-state index is -0.0991. The van der Waals surface area contributed by atoms with Gasteiger partial charge < -0.3 is 30.0 Å². The Balaban J connectivity index is 1.50. The fraction of sp³-hybridized carbons (Fsp3) is 0.462. The highest BCUT2D eigenvalue weighted by Gasteiger charge is 2.24. The number of aryl methyl sites for hydroxylation is 1. The number of nitrogens with one attached hydrogen (secondary N) is 3. The second kappa shape index (κ2) is 12.5. The van der Waals surface area contributed by atoms with Crippen LogP contribution in [0.15, 0.2) is 24.3 Å². The summed E-state index contributed by atoms with van der Waals surface area (Å²) in [5.41, 5.74) is 6.50. The first-order valence-electron chi connectivity index (χ1n) is 11.8. The van der Waals surface area contributed by atoms with Crippen molar-refractivity contribution in [3.63, 3.8) is 0 Å². The van der Waals surface area contributed by atoms with E-state index in [2.05, 4.69) is 15.6 Å². The molecule has 0 aliphatic carbocycles. The molecule has 184 valence electrons. The van der Waals surface area contributed by atoms with Crippen molar-refractivity contribution >= 4 is 29.2 Å². The largest absolute Gasteiger partial charge is 0.378 e. The van der Waals surface area contributed by atoms with Gasteiger partial charge in [0.15, 0.2) is 0 Å². The smallest absolute Gasteiger partial charge is 0.256 e. The molecule has 3 N–H and O–H groups in total. The molecule has 0 spiro atoms. The van der Waals surface area contributed by atoms with E-state index in [1.807, 2.05) is 51.2 Å². The van der Waals surface area contributed by atoms with Gasteiger partial charge in [-0.3, -0.25) is 9.59 Å². The van der Waals surface area contributed by atoms with E-state index in [-0.39, 0.29) is 11.8 Å². The Bertz CT molecular complexity index is 1030. The minimum Gasteiger partial charge on any atom is -0.378 e. The van der Waals surface area contributed by atoms with E-state index >= 15 is 0 Å². The maximum atomic E-state index is 12.6. The molecule has 34 heavy (non-hydrogen) atoms. The molecule has 2 heterocycles. The summed E-state index contributed by atoms with van der Waals surface area (Å²) in [5.74, 6) is -0.0178. The third-order valence-corrected chi connectivity index (χ3v) is 6.08. The highest BCUT2D eigenvalue weighted by molar-refractivity contribution is 6.34. The number of fused-ring (bicyclic) bond motifs is 1. The molecule has 1 aromatic carbocycles. The van der Waals surface area contributed by atoms with Crippen molar-refractivity contribution in [2.45, 2.75) is 26.7 Å². The van der Waals surface area contributed by atoms with Gasteiger partial charge in [-0.05, 0) is 50.6 Å². The second-order valence-corrected chi connectivity index (χ2v) is 8.47. The molecule has 0 saturated heterocycles. The molecule has 0 atom stereocenters. The van der Waals surface area contributed by atoms with E-state index < -0.39 is 0 Å². The van der Waals surface area contributed by atoms with E-state index in [1.54, 1.807) is 11.9 Å². The zero-order chi connectivity index (χ0) is 24.5. The Morgan fingerprint density at radius 3 is 2.62 bits per heavy atom. The lowest BCUT2D eigenvalue weighted by atomic mass is 10.0. The van der Waals surface area contributed by atoms with Crippen molar-refractivity contribution in [3.05, 3.63) is 52.3 Å². The summed E-state index contributed by atoms with van der Waals surface area (Å²) in [6.45, 7) is 7.63. The quantitative estimate of drug-likeness (QED) is 0.310. The Kier molecular flexibility index (Phi) is 9.44. The lowest BCUT2D eigenvalue weighted by Gasteiger charge is -2.17. The fourth-order valence-corrected chi connectivity index (χ4v) is 4.01. The number of ether oxygens (including phenoxy) is 2. The van der Waals surface area contributed by atoms with E-state index in [0.717, 1.165) is 40.3 Å². The molecule has 1 aromatic heterocycles. The average molecular weight is 469 g/mol. The van der Waals surface area contributed by atoms with Crippen molar-refractivity contribution in [1.29, 1.82) is 0 Å². The molecule has 1 aliphatic rings. The molecule has 2 amide bonds. The maximum Gasteiger partial charge on any atom is 0.256 e. The molecule has 0 unspecified atom stereocenters. The Morgan fingerprint density at radius 1 is 1.12 bits per heavy atom. The number of benzene rings is 1. The molecule has 1 aliphatic heterocycles. The van der Waals surface area contributed by atoms with Crippen molar-refractivity contribution < 1.29 is 19.1 Å². The van der Waals surface area contributed by atoms with Gasteiger partial charge in [0.1, 0.15) is 0 Å². The average Bonchev–Trinajstić information content (AvgIpc) is 3.28. The van der Waals surface area contributed by atoms with Crippen LogP contribution in [0, 0.1) is 13.8 Å². The first kappa shape index (κ1) is 25.7.